The van der Waals surface area contributed by atoms with Crippen molar-refractivity contribution in [2.24, 2.45) is 0 Å². The molecule has 0 saturated carbocycles. The number of benzene rings is 2. The van der Waals surface area contributed by atoms with Crippen LogP contribution in [0.25, 0.3) is 22.6 Å². The molecule has 0 aliphatic heterocycles. The van der Waals surface area contributed by atoms with E-state index >= 15 is 0 Å². The summed E-state index contributed by atoms with van der Waals surface area (Å²) in [6.45, 7) is 0. The smallest absolute Gasteiger partial charge is 0.138 e. The molecule has 3 aromatic rings. The number of halogens is 1. The molecule has 0 aliphatic carbocycles. The van der Waals surface area contributed by atoms with E-state index in [-0.39, 0.29) is 5.82 Å². The predicted octanol–water partition coefficient (Wildman–Crippen LogP) is 4.34. The Kier molecular flexibility index (Phi) is 3.97. The second kappa shape index (κ2) is 6.23. The van der Waals surface area contributed by atoms with Gasteiger partial charge in [0.2, 0.25) is 0 Å². The van der Waals surface area contributed by atoms with Crippen LogP contribution in [0.4, 0.5) is 4.39 Å². The van der Waals surface area contributed by atoms with E-state index in [0.717, 1.165) is 22.5 Å². The summed E-state index contributed by atoms with van der Waals surface area (Å²) >= 11 is 0. The van der Waals surface area contributed by atoms with Crippen LogP contribution in [-0.4, -0.2) is 9.97 Å². The molecule has 0 unspecified atom stereocenters. The molecule has 0 saturated heterocycles. The highest BCUT2D eigenvalue weighted by Crippen LogP contribution is 2.27. The number of rotatable bonds is 4. The van der Waals surface area contributed by atoms with Gasteiger partial charge in [0.1, 0.15) is 11.6 Å². The van der Waals surface area contributed by atoms with E-state index in [9.17, 15) is 4.39 Å². The summed E-state index contributed by atoms with van der Waals surface area (Å²) in [5.41, 5.74) is 3.61. The minimum Gasteiger partial charge on any atom is -0.338 e. The average molecular weight is 291 g/mol. The Hall–Kier alpha value is -2.93. The first-order valence-corrected chi connectivity index (χ1v) is 7.05. The molecule has 0 spiro atoms. The Labute approximate surface area is 128 Å². The van der Waals surface area contributed by atoms with Crippen molar-refractivity contribution < 1.29 is 4.39 Å². The van der Waals surface area contributed by atoms with Crippen LogP contribution in [0.1, 0.15) is 12.1 Å². The van der Waals surface area contributed by atoms with Gasteiger partial charge in [-0.3, -0.25) is 0 Å². The largest absolute Gasteiger partial charge is 0.338 e. The molecule has 0 bridgehead atoms. The number of hydrogen-bond donors (Lipinski definition) is 1. The van der Waals surface area contributed by atoms with Gasteiger partial charge in [-0.1, -0.05) is 30.3 Å². The van der Waals surface area contributed by atoms with E-state index in [0.29, 0.717) is 18.7 Å². The van der Waals surface area contributed by atoms with Crippen LogP contribution in [0.15, 0.2) is 54.6 Å². The summed E-state index contributed by atoms with van der Waals surface area (Å²) in [7, 11) is 0. The fraction of sp³-hybridized carbons (Fsp3) is 0.111. The lowest BCUT2D eigenvalue weighted by atomic mass is 10.1. The summed E-state index contributed by atoms with van der Waals surface area (Å²) in [6, 6.07) is 18.2. The molecule has 0 atom stereocenters. The third-order valence-electron chi connectivity index (χ3n) is 3.43. The number of aryl methyl sites for hydroxylation is 1. The molecule has 1 aromatic heterocycles. The highest BCUT2D eigenvalue weighted by Gasteiger charge is 2.13. The van der Waals surface area contributed by atoms with Crippen LogP contribution in [0, 0.1) is 17.1 Å². The number of nitrogens with zero attached hydrogens (tertiary/aromatic N) is 2. The van der Waals surface area contributed by atoms with Gasteiger partial charge in [0, 0.05) is 18.4 Å². The van der Waals surface area contributed by atoms with E-state index in [2.05, 4.69) is 16.0 Å². The second-order valence-corrected chi connectivity index (χ2v) is 4.94. The summed E-state index contributed by atoms with van der Waals surface area (Å²) in [4.78, 5) is 7.89. The van der Waals surface area contributed by atoms with Gasteiger partial charge < -0.3 is 4.98 Å². The van der Waals surface area contributed by atoms with Gasteiger partial charge in [-0.05, 0) is 29.8 Å². The Morgan fingerprint density at radius 1 is 1.00 bits per heavy atom. The minimum absolute atomic E-state index is 0.275. The number of aromatic amines is 1. The van der Waals surface area contributed by atoms with Gasteiger partial charge in [0.05, 0.1) is 17.5 Å². The number of nitrogens with one attached hydrogen (secondary N) is 1. The van der Waals surface area contributed by atoms with E-state index in [4.69, 9.17) is 5.26 Å². The molecule has 3 rings (SSSR count). The number of H-pyrrole nitrogens is 1. The average Bonchev–Trinajstić information content (AvgIpc) is 2.98. The van der Waals surface area contributed by atoms with E-state index in [1.54, 1.807) is 12.1 Å². The molecule has 4 heteroatoms. The van der Waals surface area contributed by atoms with Gasteiger partial charge in [-0.15, -0.1) is 0 Å². The van der Waals surface area contributed by atoms with E-state index < -0.39 is 0 Å². The van der Waals surface area contributed by atoms with Crippen molar-refractivity contribution in [1.82, 2.24) is 9.97 Å². The highest BCUT2D eigenvalue weighted by atomic mass is 19.1. The summed E-state index contributed by atoms with van der Waals surface area (Å²) in [6.07, 6.45) is 0.992. The maximum atomic E-state index is 13.1. The van der Waals surface area contributed by atoms with Crippen LogP contribution in [-0.2, 0) is 6.42 Å². The quantitative estimate of drug-likeness (QED) is 0.777. The van der Waals surface area contributed by atoms with Crippen molar-refractivity contribution >= 4 is 0 Å². The first kappa shape index (κ1) is 14.0. The number of nitriles is 1. The first-order valence-electron chi connectivity index (χ1n) is 7.05. The molecule has 0 aliphatic rings. The molecule has 1 heterocycles. The SMILES string of the molecule is N#CCCc1nc(-c2ccc(F)cc2)[nH]c1-c1ccccc1. The highest BCUT2D eigenvalue weighted by molar-refractivity contribution is 5.67. The lowest BCUT2D eigenvalue weighted by molar-refractivity contribution is 0.628. The zero-order valence-electron chi connectivity index (χ0n) is 11.9. The monoisotopic (exact) mass is 291 g/mol. The zero-order valence-corrected chi connectivity index (χ0v) is 11.9. The fourth-order valence-electron chi connectivity index (χ4n) is 2.35. The molecule has 22 heavy (non-hydrogen) atoms. The molecular weight excluding hydrogens is 277 g/mol. The molecule has 108 valence electrons. The van der Waals surface area contributed by atoms with Gasteiger partial charge >= 0.3 is 0 Å². The molecule has 0 fully saturated rings. The van der Waals surface area contributed by atoms with Crippen molar-refractivity contribution in [2.45, 2.75) is 12.8 Å². The van der Waals surface area contributed by atoms with Crippen LogP contribution in [0.2, 0.25) is 0 Å². The second-order valence-electron chi connectivity index (χ2n) is 4.94. The first-order chi connectivity index (χ1) is 10.8. The third kappa shape index (κ3) is 2.89. The summed E-state index contributed by atoms with van der Waals surface area (Å²) in [5, 5.41) is 8.81. The van der Waals surface area contributed by atoms with Crippen molar-refractivity contribution in [2.75, 3.05) is 0 Å². The molecular formula is C18H14FN3. The minimum atomic E-state index is -0.275. The number of hydrogen-bond acceptors (Lipinski definition) is 2. The van der Waals surface area contributed by atoms with Crippen molar-refractivity contribution in [3.05, 3.63) is 66.1 Å². The molecule has 1 N–H and O–H groups in total. The van der Waals surface area contributed by atoms with Crippen molar-refractivity contribution in [3.8, 4) is 28.7 Å². The van der Waals surface area contributed by atoms with Crippen molar-refractivity contribution in [1.29, 1.82) is 5.26 Å². The lowest BCUT2D eigenvalue weighted by Gasteiger charge is -2.00. The fourth-order valence-corrected chi connectivity index (χ4v) is 2.35. The predicted molar refractivity (Wildman–Crippen MR) is 83.4 cm³/mol. The summed E-state index contributed by atoms with van der Waals surface area (Å²) < 4.78 is 13.1. The maximum Gasteiger partial charge on any atom is 0.138 e. The zero-order chi connectivity index (χ0) is 15.4. The Morgan fingerprint density at radius 3 is 2.41 bits per heavy atom. The molecule has 3 nitrogen and oxygen atoms in total. The van der Waals surface area contributed by atoms with Crippen LogP contribution in [0.3, 0.4) is 0 Å². The van der Waals surface area contributed by atoms with Crippen molar-refractivity contribution in [3.63, 3.8) is 0 Å². The lowest BCUT2D eigenvalue weighted by Crippen LogP contribution is -1.88. The number of aromatic nitrogens is 2. The van der Waals surface area contributed by atoms with Gasteiger partial charge in [0.25, 0.3) is 0 Å². The van der Waals surface area contributed by atoms with Crippen LogP contribution >= 0.6 is 0 Å². The maximum absolute atomic E-state index is 13.1. The standard InChI is InChI=1S/C18H14FN3/c19-15-10-8-14(9-11-15)18-21-16(7-4-12-20)17(22-18)13-5-2-1-3-6-13/h1-3,5-6,8-11H,4,7H2,(H,21,22). The normalized spacial score (nSPS) is 10.4. The van der Waals surface area contributed by atoms with Gasteiger partial charge in [-0.2, -0.15) is 5.26 Å². The topological polar surface area (TPSA) is 52.5 Å². The Morgan fingerprint density at radius 2 is 1.73 bits per heavy atom. The Bertz CT molecular complexity index is 799. The molecule has 0 amide bonds. The Balaban J connectivity index is 2.05. The third-order valence-corrected chi connectivity index (χ3v) is 3.43. The van der Waals surface area contributed by atoms with Crippen LogP contribution < -0.4 is 0 Å². The summed E-state index contributed by atoms with van der Waals surface area (Å²) in [5.74, 6) is 0.412. The number of imidazole rings is 1. The van der Waals surface area contributed by atoms with E-state index in [1.165, 1.54) is 12.1 Å². The molecule has 0 radical (unpaired) electrons. The molecule has 2 aromatic carbocycles. The van der Waals surface area contributed by atoms with Crippen LogP contribution in [0.5, 0.6) is 0 Å². The van der Waals surface area contributed by atoms with Gasteiger partial charge in [-0.25, -0.2) is 9.37 Å². The van der Waals surface area contributed by atoms with Gasteiger partial charge in [0.15, 0.2) is 0 Å². The van der Waals surface area contributed by atoms with E-state index in [1.807, 2.05) is 30.3 Å².